The van der Waals surface area contributed by atoms with Crippen molar-refractivity contribution in [2.24, 2.45) is 0 Å². The van der Waals surface area contributed by atoms with Gasteiger partial charge in [0.2, 0.25) is 0 Å². The van der Waals surface area contributed by atoms with E-state index in [0.29, 0.717) is 11.4 Å². The summed E-state index contributed by atoms with van der Waals surface area (Å²) in [4.78, 5) is 10.4. The van der Waals surface area contributed by atoms with Crippen LogP contribution in [0.4, 0.5) is 0 Å². The molecule has 0 aliphatic heterocycles. The molecular formula is C46H29N3O. The summed E-state index contributed by atoms with van der Waals surface area (Å²) >= 11 is 0. The standard InChI is InChI=1S/C46H29N3O/c1-3-13-30(14-4-1)31-25-27-32(28-26-31)43-45-44(48-46(47-43)33-15-5-2-6-16-33)42-36(21-12-24-41(42)50-45)34-17-11-18-35(29-34)49-39-22-9-7-19-37(39)38-20-8-10-23-40(38)49/h1-29H. The number of rotatable bonds is 5. The van der Waals surface area contributed by atoms with Gasteiger partial charge in [0.05, 0.1) is 16.4 Å². The third kappa shape index (κ3) is 4.54. The Kier molecular flexibility index (Phi) is 6.46. The van der Waals surface area contributed by atoms with E-state index in [4.69, 9.17) is 14.4 Å². The van der Waals surface area contributed by atoms with Crippen molar-refractivity contribution in [1.29, 1.82) is 0 Å². The van der Waals surface area contributed by atoms with Crippen LogP contribution in [0.3, 0.4) is 0 Å². The Morgan fingerprint density at radius 1 is 0.440 bits per heavy atom. The van der Waals surface area contributed by atoms with Crippen molar-refractivity contribution in [3.8, 4) is 50.6 Å². The van der Waals surface area contributed by atoms with Crippen LogP contribution in [0, 0.1) is 0 Å². The fourth-order valence-electron chi connectivity index (χ4n) is 7.30. The first-order valence-corrected chi connectivity index (χ1v) is 16.8. The molecule has 4 nitrogen and oxygen atoms in total. The van der Waals surface area contributed by atoms with Crippen LogP contribution in [-0.2, 0) is 0 Å². The van der Waals surface area contributed by atoms with Gasteiger partial charge in [-0.15, -0.1) is 0 Å². The van der Waals surface area contributed by atoms with Crippen LogP contribution in [0.15, 0.2) is 180 Å². The molecule has 0 unspecified atom stereocenters. The molecule has 4 heteroatoms. The van der Waals surface area contributed by atoms with Crippen molar-refractivity contribution in [2.75, 3.05) is 0 Å². The number of nitrogens with zero attached hydrogens (tertiary/aromatic N) is 3. The highest BCUT2D eigenvalue weighted by atomic mass is 16.3. The number of para-hydroxylation sites is 2. The molecule has 234 valence electrons. The monoisotopic (exact) mass is 639 g/mol. The van der Waals surface area contributed by atoms with Crippen molar-refractivity contribution < 1.29 is 4.42 Å². The summed E-state index contributed by atoms with van der Waals surface area (Å²) < 4.78 is 9.05. The largest absolute Gasteiger partial charge is 0.452 e. The Hall–Kier alpha value is -6.78. The molecule has 0 aliphatic rings. The highest BCUT2D eigenvalue weighted by molar-refractivity contribution is 6.14. The fraction of sp³-hybridized carbons (Fsp3) is 0. The molecule has 10 aromatic rings. The van der Waals surface area contributed by atoms with Gasteiger partial charge in [-0.25, -0.2) is 9.97 Å². The highest BCUT2D eigenvalue weighted by Gasteiger charge is 2.21. The third-order valence-corrected chi connectivity index (χ3v) is 9.63. The topological polar surface area (TPSA) is 43.9 Å². The van der Waals surface area contributed by atoms with Gasteiger partial charge in [0, 0.05) is 27.6 Å². The molecule has 0 amide bonds. The maximum atomic E-state index is 6.69. The Labute approximate surface area is 288 Å². The molecule has 50 heavy (non-hydrogen) atoms. The normalized spacial score (nSPS) is 11.6. The molecule has 7 aromatic carbocycles. The Morgan fingerprint density at radius 2 is 1.02 bits per heavy atom. The molecule has 0 spiro atoms. The molecule has 0 radical (unpaired) electrons. The van der Waals surface area contributed by atoms with E-state index in [0.717, 1.165) is 55.7 Å². The fourth-order valence-corrected chi connectivity index (χ4v) is 7.30. The first-order valence-electron chi connectivity index (χ1n) is 16.8. The first-order chi connectivity index (χ1) is 24.8. The summed E-state index contributed by atoms with van der Waals surface area (Å²) in [6.07, 6.45) is 0. The van der Waals surface area contributed by atoms with E-state index in [1.807, 2.05) is 30.3 Å². The number of hydrogen-bond acceptors (Lipinski definition) is 3. The number of fused-ring (bicyclic) bond motifs is 6. The quantitative estimate of drug-likeness (QED) is 0.188. The Morgan fingerprint density at radius 3 is 1.74 bits per heavy atom. The average molecular weight is 640 g/mol. The molecule has 10 rings (SSSR count). The maximum absolute atomic E-state index is 6.69. The van der Waals surface area contributed by atoms with Crippen molar-refractivity contribution in [3.05, 3.63) is 176 Å². The first kappa shape index (κ1) is 28.3. The van der Waals surface area contributed by atoms with Gasteiger partial charge in [-0.05, 0) is 52.6 Å². The summed E-state index contributed by atoms with van der Waals surface area (Å²) in [5.74, 6) is 0.664. The number of benzene rings is 7. The van der Waals surface area contributed by atoms with Gasteiger partial charge in [0.25, 0.3) is 0 Å². The third-order valence-electron chi connectivity index (χ3n) is 9.63. The molecule has 0 fully saturated rings. The molecule has 0 aliphatic carbocycles. The molecule has 3 heterocycles. The molecule has 0 saturated carbocycles. The lowest BCUT2D eigenvalue weighted by Gasteiger charge is -2.11. The van der Waals surface area contributed by atoms with Crippen molar-refractivity contribution in [3.63, 3.8) is 0 Å². The Bertz CT molecular complexity index is 2800. The van der Waals surface area contributed by atoms with Gasteiger partial charge in [0.1, 0.15) is 16.8 Å². The van der Waals surface area contributed by atoms with E-state index in [2.05, 4.69) is 150 Å². The smallest absolute Gasteiger partial charge is 0.180 e. The predicted octanol–water partition coefficient (Wildman–Crippen LogP) is 12.1. The van der Waals surface area contributed by atoms with E-state index in [9.17, 15) is 0 Å². The average Bonchev–Trinajstić information content (AvgIpc) is 3.74. The van der Waals surface area contributed by atoms with Crippen molar-refractivity contribution in [2.45, 2.75) is 0 Å². The highest BCUT2D eigenvalue weighted by Crippen LogP contribution is 2.41. The van der Waals surface area contributed by atoms with E-state index < -0.39 is 0 Å². The van der Waals surface area contributed by atoms with Gasteiger partial charge in [-0.3, -0.25) is 0 Å². The molecule has 0 atom stereocenters. The van der Waals surface area contributed by atoms with Gasteiger partial charge in [0.15, 0.2) is 11.4 Å². The minimum atomic E-state index is 0.664. The van der Waals surface area contributed by atoms with Gasteiger partial charge >= 0.3 is 0 Å². The maximum Gasteiger partial charge on any atom is 0.180 e. The molecule has 0 bridgehead atoms. The number of furan rings is 1. The van der Waals surface area contributed by atoms with E-state index >= 15 is 0 Å². The Balaban J connectivity index is 1.19. The van der Waals surface area contributed by atoms with E-state index in [-0.39, 0.29) is 0 Å². The van der Waals surface area contributed by atoms with E-state index in [1.165, 1.54) is 27.4 Å². The second-order valence-electron chi connectivity index (χ2n) is 12.6. The molecule has 3 aromatic heterocycles. The van der Waals surface area contributed by atoms with Crippen LogP contribution in [0.2, 0.25) is 0 Å². The summed E-state index contributed by atoms with van der Waals surface area (Å²) in [6, 6.07) is 61.4. The van der Waals surface area contributed by atoms with E-state index in [1.54, 1.807) is 0 Å². The zero-order valence-corrected chi connectivity index (χ0v) is 27.0. The lowest BCUT2D eigenvalue weighted by atomic mass is 9.99. The predicted molar refractivity (Wildman–Crippen MR) is 205 cm³/mol. The minimum Gasteiger partial charge on any atom is -0.452 e. The lowest BCUT2D eigenvalue weighted by Crippen LogP contribution is -1.95. The van der Waals surface area contributed by atoms with Crippen molar-refractivity contribution >= 4 is 43.9 Å². The van der Waals surface area contributed by atoms with Gasteiger partial charge < -0.3 is 8.98 Å². The van der Waals surface area contributed by atoms with Crippen LogP contribution in [0.1, 0.15) is 0 Å². The second kappa shape index (κ2) is 11.4. The minimum absolute atomic E-state index is 0.664. The zero-order valence-electron chi connectivity index (χ0n) is 27.0. The zero-order chi connectivity index (χ0) is 33.0. The number of aromatic nitrogens is 3. The van der Waals surface area contributed by atoms with Crippen molar-refractivity contribution in [1.82, 2.24) is 14.5 Å². The summed E-state index contributed by atoms with van der Waals surface area (Å²) in [7, 11) is 0. The van der Waals surface area contributed by atoms with Crippen LogP contribution in [-0.4, -0.2) is 14.5 Å². The summed E-state index contributed by atoms with van der Waals surface area (Å²) in [5.41, 5.74) is 12.9. The van der Waals surface area contributed by atoms with Crippen LogP contribution in [0.5, 0.6) is 0 Å². The molecule has 0 N–H and O–H groups in total. The summed E-state index contributed by atoms with van der Waals surface area (Å²) in [5, 5.41) is 3.46. The van der Waals surface area contributed by atoms with Crippen LogP contribution < -0.4 is 0 Å². The number of hydrogen-bond donors (Lipinski definition) is 0. The molecule has 0 saturated heterocycles. The summed E-state index contributed by atoms with van der Waals surface area (Å²) in [6.45, 7) is 0. The SMILES string of the molecule is c1ccc(-c2ccc(-c3nc(-c4ccccc4)nc4c3oc3cccc(-c5cccc(-n6c7ccccc7c7ccccc76)c5)c34)cc2)cc1. The lowest BCUT2D eigenvalue weighted by molar-refractivity contribution is 0.667. The van der Waals surface area contributed by atoms with Crippen LogP contribution in [0.25, 0.3) is 94.5 Å². The second-order valence-corrected chi connectivity index (χ2v) is 12.6. The van der Waals surface area contributed by atoms with Crippen LogP contribution >= 0.6 is 0 Å². The molecular weight excluding hydrogens is 611 g/mol. The van der Waals surface area contributed by atoms with Gasteiger partial charge in [-0.2, -0.15) is 0 Å². The van der Waals surface area contributed by atoms with Gasteiger partial charge in [-0.1, -0.05) is 146 Å².